The number of hydrogen-bond acceptors (Lipinski definition) is 6. The first kappa shape index (κ1) is 56.3. The van der Waals surface area contributed by atoms with Crippen LogP contribution in [0, 0.1) is 0 Å². The minimum atomic E-state index is -0.812. The SMILES string of the molecule is CC\C=C/C=C\C=C/C=C\CCCCCC(=O)OCC(COC(=O)CCCCCCCCCCCCCCCCCC)OC(=O)CCCCC\C=C/C=C\C=C/C=C\CC. The maximum Gasteiger partial charge on any atom is 0.306 e. The van der Waals surface area contributed by atoms with Crippen molar-refractivity contribution in [1.82, 2.24) is 0 Å². The van der Waals surface area contributed by atoms with Gasteiger partial charge in [-0.25, -0.2) is 0 Å². The second kappa shape index (κ2) is 48.0. The van der Waals surface area contributed by atoms with Crippen LogP contribution in [-0.4, -0.2) is 37.2 Å². The lowest BCUT2D eigenvalue weighted by Crippen LogP contribution is -2.30. The highest BCUT2D eigenvalue weighted by atomic mass is 16.6. The predicted octanol–water partition coefficient (Wildman–Crippen LogP) is 15.8. The second-order valence-electron chi connectivity index (χ2n) is 15.8. The quantitative estimate of drug-likeness (QED) is 0.0264. The summed E-state index contributed by atoms with van der Waals surface area (Å²) in [7, 11) is 0. The summed E-state index contributed by atoms with van der Waals surface area (Å²) in [6.07, 6.45) is 62.5. The van der Waals surface area contributed by atoms with Crippen molar-refractivity contribution < 1.29 is 28.6 Å². The molecule has 0 aliphatic carbocycles. The fourth-order valence-corrected chi connectivity index (χ4v) is 6.40. The van der Waals surface area contributed by atoms with Crippen molar-refractivity contribution in [2.24, 2.45) is 0 Å². The van der Waals surface area contributed by atoms with Crippen molar-refractivity contribution in [3.05, 3.63) is 97.2 Å². The smallest absolute Gasteiger partial charge is 0.306 e. The third-order valence-electron chi connectivity index (χ3n) is 10.0. The van der Waals surface area contributed by atoms with Gasteiger partial charge in [0.25, 0.3) is 0 Å². The summed E-state index contributed by atoms with van der Waals surface area (Å²) < 4.78 is 16.7. The third-order valence-corrected chi connectivity index (χ3v) is 10.0. The summed E-state index contributed by atoms with van der Waals surface area (Å²) in [4.78, 5) is 37.9. The van der Waals surface area contributed by atoms with Gasteiger partial charge in [0.2, 0.25) is 0 Å². The average Bonchev–Trinajstić information content (AvgIpc) is 3.24. The topological polar surface area (TPSA) is 78.9 Å². The zero-order valence-electron chi connectivity index (χ0n) is 38.7. The molecule has 0 saturated heterocycles. The van der Waals surface area contributed by atoms with Crippen molar-refractivity contribution in [1.29, 1.82) is 0 Å². The van der Waals surface area contributed by atoms with E-state index in [4.69, 9.17) is 14.2 Å². The molecule has 0 aromatic carbocycles. The standard InChI is InChI=1S/C54H88O6/c1-4-7-10-13-16-19-22-25-26-27-30-32-35-38-41-44-47-53(56)59-50-51(60-54(57)48-45-42-39-36-33-29-24-21-18-15-12-9-6-3)49-58-52(55)46-43-40-37-34-31-28-23-20-17-14-11-8-5-2/h8-9,11-12,14-15,17-18,20-21,23-24,28-29,31,33,51H,4-7,10,13,16,19,22,25-27,30,32,34-50H2,1-3H3/b11-8-,12-9-,17-14-,18-15-,23-20-,24-21-,31-28-,33-29-. The Morgan fingerprint density at radius 1 is 0.350 bits per heavy atom. The Hall–Kier alpha value is -3.67. The maximum atomic E-state index is 12.7. The molecule has 0 aromatic rings. The Kier molecular flexibility index (Phi) is 45.1. The Morgan fingerprint density at radius 3 is 1.02 bits per heavy atom. The summed E-state index contributed by atoms with van der Waals surface area (Å²) in [5, 5.41) is 0. The van der Waals surface area contributed by atoms with E-state index in [-0.39, 0.29) is 37.5 Å². The Bertz CT molecular complexity index is 1230. The lowest BCUT2D eigenvalue weighted by Gasteiger charge is -2.18. The van der Waals surface area contributed by atoms with Gasteiger partial charge in [-0.3, -0.25) is 14.4 Å². The minimum Gasteiger partial charge on any atom is -0.462 e. The van der Waals surface area contributed by atoms with Gasteiger partial charge in [-0.15, -0.1) is 0 Å². The predicted molar refractivity (Wildman–Crippen MR) is 256 cm³/mol. The van der Waals surface area contributed by atoms with Crippen molar-refractivity contribution in [3.8, 4) is 0 Å². The lowest BCUT2D eigenvalue weighted by atomic mass is 10.0. The van der Waals surface area contributed by atoms with Crippen molar-refractivity contribution in [3.63, 3.8) is 0 Å². The van der Waals surface area contributed by atoms with Gasteiger partial charge >= 0.3 is 17.9 Å². The number of ether oxygens (including phenoxy) is 3. The molecule has 0 radical (unpaired) electrons. The van der Waals surface area contributed by atoms with Crippen LogP contribution in [0.2, 0.25) is 0 Å². The highest BCUT2D eigenvalue weighted by Crippen LogP contribution is 2.15. The number of hydrogen-bond donors (Lipinski definition) is 0. The van der Waals surface area contributed by atoms with Crippen LogP contribution in [-0.2, 0) is 28.6 Å². The first-order valence-corrected chi connectivity index (χ1v) is 24.3. The highest BCUT2D eigenvalue weighted by Gasteiger charge is 2.19. The Balaban J connectivity index is 4.48. The van der Waals surface area contributed by atoms with Gasteiger partial charge in [-0.2, -0.15) is 0 Å². The molecule has 6 nitrogen and oxygen atoms in total. The molecule has 0 saturated carbocycles. The Labute approximate surface area is 368 Å². The summed E-state index contributed by atoms with van der Waals surface area (Å²) >= 11 is 0. The third kappa shape index (κ3) is 45.4. The molecule has 0 N–H and O–H groups in total. The first-order valence-electron chi connectivity index (χ1n) is 24.3. The zero-order valence-corrected chi connectivity index (χ0v) is 38.7. The molecule has 0 rings (SSSR count). The maximum absolute atomic E-state index is 12.7. The fraction of sp³-hybridized carbons (Fsp3) is 0.648. The summed E-state index contributed by atoms with van der Waals surface area (Å²) in [5.41, 5.74) is 0. The van der Waals surface area contributed by atoms with Gasteiger partial charge in [0.1, 0.15) is 13.2 Å². The van der Waals surface area contributed by atoms with Crippen LogP contribution >= 0.6 is 0 Å². The van der Waals surface area contributed by atoms with Crippen LogP contribution in [0.3, 0.4) is 0 Å². The molecular formula is C54H88O6. The van der Waals surface area contributed by atoms with Gasteiger partial charge in [0.05, 0.1) is 0 Å². The van der Waals surface area contributed by atoms with E-state index in [1.165, 1.54) is 83.5 Å². The van der Waals surface area contributed by atoms with Gasteiger partial charge in [-0.1, -0.05) is 227 Å². The van der Waals surface area contributed by atoms with E-state index < -0.39 is 6.10 Å². The van der Waals surface area contributed by atoms with E-state index in [9.17, 15) is 14.4 Å². The molecule has 1 atom stereocenters. The largest absolute Gasteiger partial charge is 0.462 e. The first-order chi connectivity index (χ1) is 29.5. The van der Waals surface area contributed by atoms with Gasteiger partial charge < -0.3 is 14.2 Å². The molecule has 0 amide bonds. The minimum absolute atomic E-state index is 0.106. The molecule has 0 bridgehead atoms. The number of allylic oxidation sites excluding steroid dienone is 16. The molecule has 6 heteroatoms. The van der Waals surface area contributed by atoms with Crippen LogP contribution in [0.5, 0.6) is 0 Å². The Morgan fingerprint density at radius 2 is 0.650 bits per heavy atom. The number of esters is 3. The summed E-state index contributed by atoms with van der Waals surface area (Å²) in [6, 6.07) is 0. The molecule has 0 fully saturated rings. The summed E-state index contributed by atoms with van der Waals surface area (Å²) in [5.74, 6) is -0.991. The monoisotopic (exact) mass is 833 g/mol. The van der Waals surface area contributed by atoms with Crippen molar-refractivity contribution in [2.45, 2.75) is 213 Å². The van der Waals surface area contributed by atoms with Crippen LogP contribution in [0.1, 0.15) is 207 Å². The zero-order chi connectivity index (χ0) is 43.7. The molecule has 0 aliphatic heterocycles. The van der Waals surface area contributed by atoms with Crippen LogP contribution < -0.4 is 0 Å². The highest BCUT2D eigenvalue weighted by molar-refractivity contribution is 5.71. The molecule has 0 aliphatic rings. The van der Waals surface area contributed by atoms with Crippen molar-refractivity contribution in [2.75, 3.05) is 13.2 Å². The lowest BCUT2D eigenvalue weighted by molar-refractivity contribution is -0.167. The van der Waals surface area contributed by atoms with E-state index in [1.807, 2.05) is 72.9 Å². The van der Waals surface area contributed by atoms with Crippen LogP contribution in [0.4, 0.5) is 0 Å². The van der Waals surface area contributed by atoms with E-state index in [0.29, 0.717) is 19.3 Å². The normalized spacial score (nSPS) is 12.9. The molecule has 60 heavy (non-hydrogen) atoms. The van der Waals surface area contributed by atoms with Gasteiger partial charge in [-0.05, 0) is 57.8 Å². The van der Waals surface area contributed by atoms with E-state index >= 15 is 0 Å². The number of carbonyl (C=O) groups is 3. The van der Waals surface area contributed by atoms with E-state index in [2.05, 4.69) is 45.1 Å². The van der Waals surface area contributed by atoms with E-state index in [1.54, 1.807) is 0 Å². The van der Waals surface area contributed by atoms with Gasteiger partial charge in [0.15, 0.2) is 6.10 Å². The molecular weight excluding hydrogens is 745 g/mol. The number of unbranched alkanes of at least 4 members (excludes halogenated alkanes) is 21. The number of rotatable bonds is 42. The average molecular weight is 833 g/mol. The van der Waals surface area contributed by atoms with Crippen LogP contribution in [0.25, 0.3) is 0 Å². The summed E-state index contributed by atoms with van der Waals surface area (Å²) in [6.45, 7) is 6.28. The number of carbonyl (C=O) groups excluding carboxylic acids is 3. The molecule has 1 unspecified atom stereocenters. The molecule has 0 heterocycles. The van der Waals surface area contributed by atoms with Crippen molar-refractivity contribution >= 4 is 17.9 Å². The molecule has 0 spiro atoms. The molecule has 340 valence electrons. The second-order valence-corrected chi connectivity index (χ2v) is 15.8. The van der Waals surface area contributed by atoms with E-state index in [0.717, 1.165) is 77.0 Å². The van der Waals surface area contributed by atoms with Crippen LogP contribution in [0.15, 0.2) is 97.2 Å². The molecule has 0 aromatic heterocycles. The fourth-order valence-electron chi connectivity index (χ4n) is 6.40. The van der Waals surface area contributed by atoms with Gasteiger partial charge in [0, 0.05) is 19.3 Å².